The molecule has 5 heteroatoms. The number of carbonyl (C=O) groups excluding carboxylic acids is 1. The highest BCUT2D eigenvalue weighted by Crippen LogP contribution is 2.25. The molecule has 104 valence electrons. The van der Waals surface area contributed by atoms with E-state index in [-0.39, 0.29) is 19.0 Å². The molecule has 0 spiro atoms. The van der Waals surface area contributed by atoms with Crippen molar-refractivity contribution in [3.05, 3.63) is 63.6 Å². The van der Waals surface area contributed by atoms with Gasteiger partial charge in [-0.3, -0.25) is 4.79 Å². The van der Waals surface area contributed by atoms with Crippen LogP contribution in [0.15, 0.2) is 42.5 Å². The van der Waals surface area contributed by atoms with Crippen molar-refractivity contribution in [2.75, 3.05) is 5.73 Å². The van der Waals surface area contributed by atoms with Crippen LogP contribution in [0.1, 0.15) is 11.1 Å². The normalized spacial score (nSPS) is 10.3. The molecule has 0 saturated carbocycles. The minimum Gasteiger partial charge on any atom is -0.460 e. The van der Waals surface area contributed by atoms with Crippen LogP contribution in [0.25, 0.3) is 0 Å². The molecule has 2 rings (SSSR count). The van der Waals surface area contributed by atoms with E-state index in [1.807, 2.05) is 12.1 Å². The third-order valence-corrected chi connectivity index (χ3v) is 3.54. The highest BCUT2D eigenvalue weighted by atomic mass is 35.5. The number of hydrogen-bond acceptors (Lipinski definition) is 3. The van der Waals surface area contributed by atoms with Gasteiger partial charge in [0.05, 0.1) is 6.42 Å². The number of hydrogen-bond donors (Lipinski definition) is 1. The fourth-order valence-corrected chi connectivity index (χ4v) is 2.23. The molecule has 0 saturated heterocycles. The van der Waals surface area contributed by atoms with Crippen LogP contribution >= 0.6 is 23.2 Å². The molecule has 3 nitrogen and oxygen atoms in total. The molecule has 0 fully saturated rings. The maximum atomic E-state index is 11.8. The second kappa shape index (κ2) is 6.64. The van der Waals surface area contributed by atoms with Gasteiger partial charge in [-0.15, -0.1) is 0 Å². The summed E-state index contributed by atoms with van der Waals surface area (Å²) in [6.45, 7) is 0.0457. The summed E-state index contributed by atoms with van der Waals surface area (Å²) in [7, 11) is 0. The molecule has 2 aromatic rings. The quantitative estimate of drug-likeness (QED) is 0.689. The van der Waals surface area contributed by atoms with Gasteiger partial charge in [0.15, 0.2) is 0 Å². The first-order valence-electron chi connectivity index (χ1n) is 6.00. The van der Waals surface area contributed by atoms with Crippen LogP contribution < -0.4 is 5.73 Å². The van der Waals surface area contributed by atoms with Gasteiger partial charge in [-0.2, -0.15) is 0 Å². The van der Waals surface area contributed by atoms with E-state index in [0.29, 0.717) is 21.3 Å². The van der Waals surface area contributed by atoms with Crippen molar-refractivity contribution in [3.8, 4) is 0 Å². The first-order valence-corrected chi connectivity index (χ1v) is 6.75. The van der Waals surface area contributed by atoms with E-state index in [1.165, 1.54) is 0 Å². The minimum absolute atomic E-state index is 0.0457. The Bertz CT molecular complexity index is 609. The summed E-state index contributed by atoms with van der Waals surface area (Å²) in [5.41, 5.74) is 7.68. The van der Waals surface area contributed by atoms with Crippen molar-refractivity contribution < 1.29 is 9.53 Å². The monoisotopic (exact) mass is 309 g/mol. The van der Waals surface area contributed by atoms with Gasteiger partial charge in [-0.1, -0.05) is 47.5 Å². The Morgan fingerprint density at radius 3 is 2.35 bits per heavy atom. The van der Waals surface area contributed by atoms with Crippen molar-refractivity contribution in [2.24, 2.45) is 0 Å². The minimum atomic E-state index is -0.376. The summed E-state index contributed by atoms with van der Waals surface area (Å²) < 4.78 is 5.19. The van der Waals surface area contributed by atoms with Gasteiger partial charge in [0.1, 0.15) is 6.61 Å². The molecule has 2 N–H and O–H groups in total. The molecule has 0 unspecified atom stereocenters. The standard InChI is InChI=1S/C15H13Cl2NO2/c16-12-5-3-6-13(17)11(12)9-20-15(19)8-10-4-1-2-7-14(10)18/h1-7H,8-9,18H2. The topological polar surface area (TPSA) is 52.3 Å². The molecule has 0 aromatic heterocycles. The molecule has 0 radical (unpaired) electrons. The van der Waals surface area contributed by atoms with Gasteiger partial charge in [0, 0.05) is 21.3 Å². The Morgan fingerprint density at radius 2 is 1.70 bits per heavy atom. The van der Waals surface area contributed by atoms with Gasteiger partial charge in [-0.05, 0) is 23.8 Å². The van der Waals surface area contributed by atoms with Gasteiger partial charge >= 0.3 is 5.97 Å². The molecular formula is C15H13Cl2NO2. The molecule has 0 bridgehead atoms. The third kappa shape index (κ3) is 3.65. The summed E-state index contributed by atoms with van der Waals surface area (Å²) in [4.78, 5) is 11.8. The Hall–Kier alpha value is -1.71. The molecule has 20 heavy (non-hydrogen) atoms. The molecule has 0 heterocycles. The third-order valence-electron chi connectivity index (χ3n) is 2.83. The number of nitrogens with two attached hydrogens (primary N) is 1. The SMILES string of the molecule is Nc1ccccc1CC(=O)OCc1c(Cl)cccc1Cl. The zero-order valence-corrected chi connectivity index (χ0v) is 12.1. The number of carbonyl (C=O) groups is 1. The smallest absolute Gasteiger partial charge is 0.310 e. The summed E-state index contributed by atoms with van der Waals surface area (Å²) in [5.74, 6) is -0.376. The van der Waals surface area contributed by atoms with Crippen LogP contribution in [0, 0.1) is 0 Å². The van der Waals surface area contributed by atoms with E-state index in [0.717, 1.165) is 5.56 Å². The number of rotatable bonds is 4. The first kappa shape index (κ1) is 14.7. The Balaban J connectivity index is 1.98. The maximum absolute atomic E-state index is 11.8. The van der Waals surface area contributed by atoms with E-state index in [1.54, 1.807) is 30.3 Å². The van der Waals surface area contributed by atoms with E-state index in [4.69, 9.17) is 33.7 Å². The predicted molar refractivity (Wildman–Crippen MR) is 80.8 cm³/mol. The van der Waals surface area contributed by atoms with E-state index in [9.17, 15) is 4.79 Å². The van der Waals surface area contributed by atoms with Gasteiger partial charge in [0.25, 0.3) is 0 Å². The van der Waals surface area contributed by atoms with Crippen LogP contribution in [0.2, 0.25) is 10.0 Å². The average Bonchev–Trinajstić information content (AvgIpc) is 2.41. The van der Waals surface area contributed by atoms with Crippen LogP contribution in [0.5, 0.6) is 0 Å². The highest BCUT2D eigenvalue weighted by Gasteiger charge is 2.11. The van der Waals surface area contributed by atoms with Crippen LogP contribution in [0.4, 0.5) is 5.69 Å². The number of anilines is 1. The van der Waals surface area contributed by atoms with Crippen molar-refractivity contribution in [3.63, 3.8) is 0 Å². The number of nitrogen functional groups attached to an aromatic ring is 1. The lowest BCUT2D eigenvalue weighted by Crippen LogP contribution is -2.09. The molecular weight excluding hydrogens is 297 g/mol. The van der Waals surface area contributed by atoms with Crippen LogP contribution in [-0.2, 0) is 22.6 Å². The van der Waals surface area contributed by atoms with Gasteiger partial charge in [0.2, 0.25) is 0 Å². The largest absolute Gasteiger partial charge is 0.460 e. The van der Waals surface area contributed by atoms with Gasteiger partial charge < -0.3 is 10.5 Å². The lowest BCUT2D eigenvalue weighted by atomic mass is 10.1. The fraction of sp³-hybridized carbons (Fsp3) is 0.133. The zero-order chi connectivity index (χ0) is 14.5. The number of esters is 1. The molecule has 0 aliphatic rings. The fourth-order valence-electron chi connectivity index (χ4n) is 1.72. The molecule has 0 amide bonds. The first-order chi connectivity index (χ1) is 9.58. The van der Waals surface area contributed by atoms with Crippen LogP contribution in [-0.4, -0.2) is 5.97 Å². The lowest BCUT2D eigenvalue weighted by Gasteiger charge is -2.09. The van der Waals surface area contributed by atoms with E-state index >= 15 is 0 Å². The van der Waals surface area contributed by atoms with Crippen LogP contribution in [0.3, 0.4) is 0 Å². The zero-order valence-electron chi connectivity index (χ0n) is 10.6. The predicted octanol–water partition coefficient (Wildman–Crippen LogP) is 3.86. The summed E-state index contributed by atoms with van der Waals surface area (Å²) in [6.07, 6.45) is 0.120. The van der Waals surface area contributed by atoms with Crippen molar-refractivity contribution in [2.45, 2.75) is 13.0 Å². The average molecular weight is 310 g/mol. The Labute approximate surface area is 127 Å². The maximum Gasteiger partial charge on any atom is 0.310 e. The van der Waals surface area contributed by atoms with Crippen molar-refractivity contribution in [1.82, 2.24) is 0 Å². The van der Waals surface area contributed by atoms with E-state index in [2.05, 4.69) is 0 Å². The lowest BCUT2D eigenvalue weighted by molar-refractivity contribution is -0.144. The van der Waals surface area contributed by atoms with E-state index < -0.39 is 0 Å². The Morgan fingerprint density at radius 1 is 1.05 bits per heavy atom. The van der Waals surface area contributed by atoms with Crippen molar-refractivity contribution in [1.29, 1.82) is 0 Å². The molecule has 0 aliphatic heterocycles. The molecule has 0 atom stereocenters. The Kier molecular flexibility index (Phi) is 4.88. The summed E-state index contributed by atoms with van der Waals surface area (Å²) in [6, 6.07) is 12.3. The van der Waals surface area contributed by atoms with Crippen molar-refractivity contribution >= 4 is 34.9 Å². The second-order valence-electron chi connectivity index (χ2n) is 4.24. The van der Waals surface area contributed by atoms with Gasteiger partial charge in [-0.25, -0.2) is 0 Å². The molecule has 0 aliphatic carbocycles. The summed E-state index contributed by atoms with van der Waals surface area (Å²) >= 11 is 12.0. The number of benzene rings is 2. The second-order valence-corrected chi connectivity index (χ2v) is 5.05. The summed E-state index contributed by atoms with van der Waals surface area (Å²) in [5, 5.41) is 0.953. The number of halogens is 2. The number of para-hydroxylation sites is 1. The number of ether oxygens (including phenoxy) is 1. The highest BCUT2D eigenvalue weighted by molar-refractivity contribution is 6.35. The molecule has 2 aromatic carbocycles.